The van der Waals surface area contributed by atoms with Crippen LogP contribution in [0.25, 0.3) is 11.2 Å². The molecule has 0 unspecified atom stereocenters. The van der Waals surface area contributed by atoms with Gasteiger partial charge in [-0.3, -0.25) is 9.36 Å². The Morgan fingerprint density at radius 1 is 1.38 bits per heavy atom. The molecule has 3 heterocycles. The molecule has 108 valence electrons. The molecule has 3 aromatic heterocycles. The number of nitrogens with zero attached hydrogens (tertiary/aromatic N) is 4. The second-order valence-electron chi connectivity index (χ2n) is 4.45. The summed E-state index contributed by atoms with van der Waals surface area (Å²) < 4.78 is 6.69. The predicted molar refractivity (Wildman–Crippen MR) is 76.2 cm³/mol. The van der Waals surface area contributed by atoms with E-state index in [1.54, 1.807) is 6.07 Å². The van der Waals surface area contributed by atoms with Crippen molar-refractivity contribution in [2.45, 2.75) is 18.6 Å². The van der Waals surface area contributed by atoms with Crippen molar-refractivity contribution < 1.29 is 14.4 Å². The maximum Gasteiger partial charge on any atom is 0.313 e. The van der Waals surface area contributed by atoms with E-state index >= 15 is 0 Å². The summed E-state index contributed by atoms with van der Waals surface area (Å²) >= 11 is 1.16. The molecule has 0 saturated heterocycles. The molecule has 0 aliphatic heterocycles. The average molecular weight is 304 g/mol. The molecule has 21 heavy (non-hydrogen) atoms. The van der Waals surface area contributed by atoms with Gasteiger partial charge in [-0.05, 0) is 19.1 Å². The van der Waals surface area contributed by atoms with E-state index in [2.05, 4.69) is 15.1 Å². The molecule has 3 aromatic rings. The lowest BCUT2D eigenvalue weighted by molar-refractivity contribution is -0.133. The van der Waals surface area contributed by atoms with E-state index in [1.165, 1.54) is 6.26 Å². The van der Waals surface area contributed by atoms with Crippen LogP contribution in [0.1, 0.15) is 11.4 Å². The van der Waals surface area contributed by atoms with Gasteiger partial charge in [0.1, 0.15) is 17.5 Å². The van der Waals surface area contributed by atoms with Crippen LogP contribution in [0.2, 0.25) is 0 Å². The molecule has 0 aromatic carbocycles. The van der Waals surface area contributed by atoms with Gasteiger partial charge in [0, 0.05) is 11.8 Å². The zero-order chi connectivity index (χ0) is 14.8. The van der Waals surface area contributed by atoms with E-state index in [1.807, 2.05) is 23.6 Å². The number of aromatic nitrogens is 4. The smallest absolute Gasteiger partial charge is 0.313 e. The van der Waals surface area contributed by atoms with Gasteiger partial charge < -0.3 is 9.63 Å². The largest absolute Gasteiger partial charge is 0.481 e. The fourth-order valence-electron chi connectivity index (χ4n) is 1.94. The zero-order valence-electron chi connectivity index (χ0n) is 11.2. The Balaban J connectivity index is 2.04. The van der Waals surface area contributed by atoms with Crippen molar-refractivity contribution in [1.82, 2.24) is 19.7 Å². The number of hydrogen-bond acceptors (Lipinski definition) is 6. The maximum absolute atomic E-state index is 10.8. The Kier molecular flexibility index (Phi) is 3.61. The summed E-state index contributed by atoms with van der Waals surface area (Å²) in [6.07, 6.45) is 1.50. The molecule has 7 nitrogen and oxygen atoms in total. The molecule has 8 heteroatoms. The van der Waals surface area contributed by atoms with Crippen LogP contribution in [0.15, 0.2) is 34.1 Å². The first-order valence-electron chi connectivity index (χ1n) is 6.21. The van der Waals surface area contributed by atoms with Crippen LogP contribution in [-0.2, 0) is 11.3 Å². The Labute approximate surface area is 124 Å². The number of carbonyl (C=O) groups is 1. The van der Waals surface area contributed by atoms with E-state index in [0.717, 1.165) is 28.7 Å². The van der Waals surface area contributed by atoms with Gasteiger partial charge in [0.2, 0.25) is 0 Å². The van der Waals surface area contributed by atoms with Crippen molar-refractivity contribution in [2.24, 2.45) is 0 Å². The van der Waals surface area contributed by atoms with Gasteiger partial charge in [-0.2, -0.15) is 0 Å². The fraction of sp³-hybridized carbons (Fsp3) is 0.231. The minimum Gasteiger partial charge on any atom is -0.481 e. The predicted octanol–water partition coefficient (Wildman–Crippen LogP) is 1.95. The molecule has 0 aliphatic carbocycles. The molecule has 0 radical (unpaired) electrons. The summed E-state index contributed by atoms with van der Waals surface area (Å²) in [6.45, 7) is 2.34. The fourth-order valence-corrected chi connectivity index (χ4v) is 2.66. The normalized spacial score (nSPS) is 11.1. The Morgan fingerprint density at radius 2 is 2.24 bits per heavy atom. The van der Waals surface area contributed by atoms with Gasteiger partial charge in [-0.1, -0.05) is 16.9 Å². The number of fused-ring (bicyclic) bond motifs is 1. The number of carboxylic acids is 1. The highest BCUT2D eigenvalue weighted by atomic mass is 32.2. The lowest BCUT2D eigenvalue weighted by atomic mass is 10.3. The Bertz CT molecular complexity index is 782. The number of rotatable bonds is 5. The first-order chi connectivity index (χ1) is 10.1. The summed E-state index contributed by atoms with van der Waals surface area (Å²) in [5.74, 6) is -0.939. The van der Waals surface area contributed by atoms with Crippen molar-refractivity contribution in [3.8, 4) is 0 Å². The van der Waals surface area contributed by atoms with Crippen molar-refractivity contribution in [2.75, 3.05) is 5.75 Å². The zero-order valence-corrected chi connectivity index (χ0v) is 12.0. The minimum atomic E-state index is -0.885. The van der Waals surface area contributed by atoms with Crippen LogP contribution in [0.3, 0.4) is 0 Å². The van der Waals surface area contributed by atoms with Crippen LogP contribution in [-0.4, -0.2) is 36.5 Å². The number of hydrogen-bond donors (Lipinski definition) is 1. The first-order valence-corrected chi connectivity index (χ1v) is 7.20. The van der Waals surface area contributed by atoms with Crippen LogP contribution >= 0.6 is 11.8 Å². The molecule has 0 amide bonds. The van der Waals surface area contributed by atoms with E-state index in [9.17, 15) is 4.79 Å². The summed E-state index contributed by atoms with van der Waals surface area (Å²) in [7, 11) is 0. The van der Waals surface area contributed by atoms with Gasteiger partial charge in [0.05, 0.1) is 12.3 Å². The molecule has 0 saturated carbocycles. The number of pyridine rings is 1. The van der Waals surface area contributed by atoms with Crippen LogP contribution in [0, 0.1) is 6.92 Å². The molecule has 0 spiro atoms. The quantitative estimate of drug-likeness (QED) is 0.720. The van der Waals surface area contributed by atoms with Gasteiger partial charge in [0.15, 0.2) is 10.8 Å². The highest BCUT2D eigenvalue weighted by molar-refractivity contribution is 7.99. The van der Waals surface area contributed by atoms with Crippen LogP contribution in [0.4, 0.5) is 0 Å². The highest BCUT2D eigenvalue weighted by Crippen LogP contribution is 2.24. The average Bonchev–Trinajstić information content (AvgIpc) is 3.06. The second-order valence-corrected chi connectivity index (χ2v) is 5.39. The monoisotopic (exact) mass is 304 g/mol. The highest BCUT2D eigenvalue weighted by Gasteiger charge is 2.15. The third-order valence-electron chi connectivity index (χ3n) is 2.83. The van der Waals surface area contributed by atoms with Gasteiger partial charge >= 0.3 is 5.97 Å². The lowest BCUT2D eigenvalue weighted by Crippen LogP contribution is -2.05. The van der Waals surface area contributed by atoms with Gasteiger partial charge in [0.25, 0.3) is 0 Å². The van der Waals surface area contributed by atoms with Crippen LogP contribution in [0.5, 0.6) is 0 Å². The third-order valence-corrected chi connectivity index (χ3v) is 3.79. The SMILES string of the molecule is Cc1ccc2nc(SCC(=O)O)n(Cc3ccon3)c2n1. The summed E-state index contributed by atoms with van der Waals surface area (Å²) in [5.41, 5.74) is 3.05. The molecule has 0 atom stereocenters. The molecule has 0 aliphatic rings. The molecular weight excluding hydrogens is 292 g/mol. The Hall–Kier alpha value is -2.35. The van der Waals surface area contributed by atoms with E-state index in [4.69, 9.17) is 9.63 Å². The standard InChI is InChI=1S/C13H12N4O3S/c1-8-2-3-10-12(14-8)17(6-9-4-5-20-16-9)13(15-10)21-7-11(18)19/h2-5H,6-7H2,1H3,(H,18,19). The minimum absolute atomic E-state index is 0.0544. The van der Waals surface area contributed by atoms with Crippen molar-refractivity contribution in [1.29, 1.82) is 0 Å². The van der Waals surface area contributed by atoms with Crippen LogP contribution < -0.4 is 0 Å². The molecule has 1 N–H and O–H groups in total. The second kappa shape index (κ2) is 5.57. The van der Waals surface area contributed by atoms with Gasteiger partial charge in [-0.15, -0.1) is 0 Å². The van der Waals surface area contributed by atoms with Crippen molar-refractivity contribution in [3.05, 3.63) is 35.9 Å². The van der Waals surface area contributed by atoms with Crippen molar-refractivity contribution >= 4 is 28.9 Å². The topological polar surface area (TPSA) is 94.0 Å². The third kappa shape index (κ3) is 2.89. The number of imidazole rings is 1. The first kappa shape index (κ1) is 13.6. The number of aliphatic carboxylic acids is 1. The van der Waals surface area contributed by atoms with Crippen molar-refractivity contribution in [3.63, 3.8) is 0 Å². The van der Waals surface area contributed by atoms with E-state index in [-0.39, 0.29) is 5.75 Å². The number of aryl methyl sites for hydroxylation is 1. The number of thioether (sulfide) groups is 1. The molecule has 0 fully saturated rings. The van der Waals surface area contributed by atoms with Gasteiger partial charge in [-0.25, -0.2) is 9.97 Å². The van der Waals surface area contributed by atoms with E-state index < -0.39 is 5.97 Å². The summed E-state index contributed by atoms with van der Waals surface area (Å²) in [6, 6.07) is 5.51. The summed E-state index contributed by atoms with van der Waals surface area (Å²) in [4.78, 5) is 19.7. The maximum atomic E-state index is 10.8. The lowest BCUT2D eigenvalue weighted by Gasteiger charge is -2.05. The molecule has 0 bridgehead atoms. The number of carboxylic acid groups (broad SMARTS) is 1. The molecular formula is C13H12N4O3S. The Morgan fingerprint density at radius 3 is 2.95 bits per heavy atom. The van der Waals surface area contributed by atoms with E-state index in [0.29, 0.717) is 17.3 Å². The summed E-state index contributed by atoms with van der Waals surface area (Å²) in [5, 5.41) is 13.3. The molecule has 3 rings (SSSR count).